The molecule has 0 radical (unpaired) electrons. The summed E-state index contributed by atoms with van der Waals surface area (Å²) >= 11 is 0. The Balaban J connectivity index is 2.03. The molecule has 1 aliphatic rings. The molecule has 5 heteroatoms. The van der Waals surface area contributed by atoms with Crippen LogP contribution in [-0.4, -0.2) is 22.8 Å². The number of aromatic nitrogens is 2. The molecule has 1 heterocycles. The molecule has 0 amide bonds. The van der Waals surface area contributed by atoms with Crippen molar-refractivity contribution in [2.45, 2.75) is 64.0 Å². The summed E-state index contributed by atoms with van der Waals surface area (Å²) in [6.45, 7) is 4.78. The van der Waals surface area contributed by atoms with Crippen LogP contribution in [-0.2, 0) is 4.74 Å². The van der Waals surface area contributed by atoms with Crippen LogP contribution in [0.5, 0.6) is 0 Å². The van der Waals surface area contributed by atoms with Crippen LogP contribution in [0.3, 0.4) is 0 Å². The van der Waals surface area contributed by atoms with Gasteiger partial charge in [-0.3, -0.25) is 0 Å². The third kappa shape index (κ3) is 3.09. The summed E-state index contributed by atoms with van der Waals surface area (Å²) in [7, 11) is 0. The van der Waals surface area contributed by atoms with Crippen molar-refractivity contribution < 1.29 is 9.26 Å². The zero-order valence-electron chi connectivity index (χ0n) is 11.3. The summed E-state index contributed by atoms with van der Waals surface area (Å²) in [5, 5.41) is 4.07. The molecule has 102 valence electrons. The van der Waals surface area contributed by atoms with Gasteiger partial charge in [0.25, 0.3) is 0 Å². The molecule has 1 aliphatic carbocycles. The van der Waals surface area contributed by atoms with E-state index >= 15 is 0 Å². The standard InChI is InChI=1S/C13H23N3O2/c1-3-5-11(17-4-2)12-15-13(18-16-12)9-6-7-10(14)8-9/h9-11H,3-8,14H2,1-2H3/t9-,10+,11?/m1/s1. The zero-order chi connectivity index (χ0) is 13.0. The smallest absolute Gasteiger partial charge is 0.229 e. The largest absolute Gasteiger partial charge is 0.370 e. The minimum absolute atomic E-state index is 0.0347. The molecular weight excluding hydrogens is 230 g/mol. The van der Waals surface area contributed by atoms with Gasteiger partial charge >= 0.3 is 0 Å². The normalized spacial score (nSPS) is 25.5. The van der Waals surface area contributed by atoms with Gasteiger partial charge in [0, 0.05) is 18.6 Å². The van der Waals surface area contributed by atoms with Gasteiger partial charge in [-0.1, -0.05) is 18.5 Å². The quantitative estimate of drug-likeness (QED) is 0.843. The van der Waals surface area contributed by atoms with Crippen LogP contribution < -0.4 is 5.73 Å². The van der Waals surface area contributed by atoms with E-state index < -0.39 is 0 Å². The Labute approximate surface area is 108 Å². The number of nitrogens with two attached hydrogens (primary N) is 1. The minimum Gasteiger partial charge on any atom is -0.370 e. The topological polar surface area (TPSA) is 74.2 Å². The van der Waals surface area contributed by atoms with Crippen LogP contribution in [0, 0.1) is 0 Å². The van der Waals surface area contributed by atoms with Gasteiger partial charge in [-0.05, 0) is 32.6 Å². The second kappa shape index (κ2) is 6.29. The van der Waals surface area contributed by atoms with Gasteiger partial charge in [-0.25, -0.2) is 0 Å². The van der Waals surface area contributed by atoms with E-state index in [4.69, 9.17) is 15.0 Å². The first-order chi connectivity index (χ1) is 8.74. The minimum atomic E-state index is -0.0347. The Bertz CT molecular complexity index is 361. The van der Waals surface area contributed by atoms with Crippen molar-refractivity contribution in [2.75, 3.05) is 6.61 Å². The van der Waals surface area contributed by atoms with Crippen LogP contribution in [0.4, 0.5) is 0 Å². The average molecular weight is 253 g/mol. The molecule has 0 saturated heterocycles. The van der Waals surface area contributed by atoms with Gasteiger partial charge < -0.3 is 15.0 Å². The zero-order valence-corrected chi connectivity index (χ0v) is 11.3. The lowest BCUT2D eigenvalue weighted by atomic mass is 10.1. The van der Waals surface area contributed by atoms with Crippen LogP contribution in [0.25, 0.3) is 0 Å². The molecule has 1 fully saturated rings. The summed E-state index contributed by atoms with van der Waals surface area (Å²) in [6, 6.07) is 0.281. The Kier molecular flexibility index (Phi) is 4.72. The number of hydrogen-bond acceptors (Lipinski definition) is 5. The predicted molar refractivity (Wildman–Crippen MR) is 68.1 cm³/mol. The summed E-state index contributed by atoms with van der Waals surface area (Å²) in [4.78, 5) is 4.51. The van der Waals surface area contributed by atoms with Crippen molar-refractivity contribution in [3.05, 3.63) is 11.7 Å². The molecule has 18 heavy (non-hydrogen) atoms. The maximum atomic E-state index is 5.91. The van der Waals surface area contributed by atoms with Gasteiger partial charge in [0.2, 0.25) is 11.7 Å². The van der Waals surface area contributed by atoms with Gasteiger partial charge in [-0.15, -0.1) is 0 Å². The maximum absolute atomic E-state index is 5.91. The number of rotatable bonds is 6. The van der Waals surface area contributed by atoms with Crippen LogP contribution in [0.15, 0.2) is 4.52 Å². The van der Waals surface area contributed by atoms with Gasteiger partial charge in [0.05, 0.1) is 0 Å². The van der Waals surface area contributed by atoms with Crippen LogP contribution in [0.2, 0.25) is 0 Å². The van der Waals surface area contributed by atoms with E-state index in [2.05, 4.69) is 17.1 Å². The maximum Gasteiger partial charge on any atom is 0.229 e. The fourth-order valence-electron chi connectivity index (χ4n) is 2.53. The molecular formula is C13H23N3O2. The second-order valence-electron chi connectivity index (χ2n) is 4.99. The van der Waals surface area contributed by atoms with Gasteiger partial charge in [-0.2, -0.15) is 4.98 Å². The third-order valence-corrected chi connectivity index (χ3v) is 3.49. The van der Waals surface area contributed by atoms with Crippen molar-refractivity contribution in [3.8, 4) is 0 Å². The van der Waals surface area contributed by atoms with Crippen molar-refractivity contribution in [1.29, 1.82) is 0 Å². The molecule has 3 atom stereocenters. The summed E-state index contributed by atoms with van der Waals surface area (Å²) < 4.78 is 11.0. The highest BCUT2D eigenvalue weighted by atomic mass is 16.5. The van der Waals surface area contributed by atoms with E-state index in [-0.39, 0.29) is 12.1 Å². The first kappa shape index (κ1) is 13.5. The summed E-state index contributed by atoms with van der Waals surface area (Å²) in [5.41, 5.74) is 5.91. The molecule has 2 rings (SSSR count). The molecule has 0 aromatic carbocycles. The Hall–Kier alpha value is -0.940. The first-order valence-electron chi connectivity index (χ1n) is 6.95. The lowest BCUT2D eigenvalue weighted by Crippen LogP contribution is -2.14. The van der Waals surface area contributed by atoms with Crippen molar-refractivity contribution in [1.82, 2.24) is 10.1 Å². The predicted octanol–water partition coefficient (Wildman–Crippen LogP) is 2.54. The van der Waals surface area contributed by atoms with Gasteiger partial charge in [0.15, 0.2) is 0 Å². The van der Waals surface area contributed by atoms with Crippen molar-refractivity contribution in [2.24, 2.45) is 5.73 Å². The molecule has 0 spiro atoms. The average Bonchev–Trinajstić information content (AvgIpc) is 2.97. The van der Waals surface area contributed by atoms with E-state index in [1.54, 1.807) is 0 Å². The van der Waals surface area contributed by atoms with E-state index in [1.165, 1.54) is 0 Å². The van der Waals surface area contributed by atoms with E-state index in [1.807, 2.05) is 6.92 Å². The summed E-state index contributed by atoms with van der Waals surface area (Å²) in [5.74, 6) is 1.76. The van der Waals surface area contributed by atoms with Crippen LogP contribution in [0.1, 0.15) is 69.7 Å². The SMILES string of the molecule is CCCC(OCC)c1noc([C@@H]2CC[C@H](N)C2)n1. The van der Waals surface area contributed by atoms with Crippen molar-refractivity contribution in [3.63, 3.8) is 0 Å². The highest BCUT2D eigenvalue weighted by Gasteiger charge is 2.29. The van der Waals surface area contributed by atoms with Gasteiger partial charge in [0.1, 0.15) is 6.10 Å². The lowest BCUT2D eigenvalue weighted by molar-refractivity contribution is 0.0477. The lowest BCUT2D eigenvalue weighted by Gasteiger charge is -2.11. The van der Waals surface area contributed by atoms with E-state index in [0.29, 0.717) is 18.3 Å². The highest BCUT2D eigenvalue weighted by Crippen LogP contribution is 2.33. The fraction of sp³-hybridized carbons (Fsp3) is 0.846. The Morgan fingerprint density at radius 1 is 1.44 bits per heavy atom. The molecule has 1 unspecified atom stereocenters. The molecule has 5 nitrogen and oxygen atoms in total. The monoisotopic (exact) mass is 253 g/mol. The molecule has 1 saturated carbocycles. The third-order valence-electron chi connectivity index (χ3n) is 3.49. The second-order valence-corrected chi connectivity index (χ2v) is 4.99. The molecule has 0 bridgehead atoms. The molecule has 2 N–H and O–H groups in total. The first-order valence-corrected chi connectivity index (χ1v) is 6.95. The Morgan fingerprint density at radius 2 is 2.28 bits per heavy atom. The molecule has 1 aromatic heterocycles. The summed E-state index contributed by atoms with van der Waals surface area (Å²) in [6.07, 6.45) is 4.99. The Morgan fingerprint density at radius 3 is 2.89 bits per heavy atom. The van der Waals surface area contributed by atoms with E-state index in [0.717, 1.165) is 38.0 Å². The number of hydrogen-bond donors (Lipinski definition) is 1. The van der Waals surface area contributed by atoms with Crippen molar-refractivity contribution >= 4 is 0 Å². The molecule has 0 aliphatic heterocycles. The molecule has 1 aromatic rings. The van der Waals surface area contributed by atoms with E-state index in [9.17, 15) is 0 Å². The fourth-order valence-corrected chi connectivity index (χ4v) is 2.53. The van der Waals surface area contributed by atoms with Crippen LogP contribution >= 0.6 is 0 Å². The number of ether oxygens (including phenoxy) is 1. The number of nitrogens with zero attached hydrogens (tertiary/aromatic N) is 2. The highest BCUT2D eigenvalue weighted by molar-refractivity contribution is 5.00.